The second-order valence-corrected chi connectivity index (χ2v) is 6.42. The van der Waals surface area contributed by atoms with Crippen LogP contribution in [0.1, 0.15) is 42.6 Å². The molecular weight excluding hydrogens is 320 g/mol. The SMILES string of the molecule is CC(=O)CCC(C)(C#Cc1ccc(Cl)cc1)C(=O)c1ccccc1. The fraction of sp³-hybridized carbons (Fsp3) is 0.238. The Morgan fingerprint density at radius 3 is 2.25 bits per heavy atom. The van der Waals surface area contributed by atoms with Crippen LogP contribution in [0.15, 0.2) is 54.6 Å². The van der Waals surface area contributed by atoms with Gasteiger partial charge in [-0.1, -0.05) is 53.8 Å². The van der Waals surface area contributed by atoms with Gasteiger partial charge in [0.1, 0.15) is 5.78 Å². The lowest BCUT2D eigenvalue weighted by atomic mass is 9.78. The third kappa shape index (κ3) is 4.81. The maximum atomic E-state index is 12.9. The number of hydrogen-bond donors (Lipinski definition) is 0. The monoisotopic (exact) mass is 338 g/mol. The van der Waals surface area contributed by atoms with Crippen molar-refractivity contribution < 1.29 is 9.59 Å². The van der Waals surface area contributed by atoms with Crippen molar-refractivity contribution in [2.45, 2.75) is 26.7 Å². The Morgan fingerprint density at radius 2 is 1.67 bits per heavy atom. The van der Waals surface area contributed by atoms with Gasteiger partial charge in [-0.15, -0.1) is 0 Å². The van der Waals surface area contributed by atoms with Gasteiger partial charge in [0.05, 0.1) is 5.41 Å². The van der Waals surface area contributed by atoms with Crippen molar-refractivity contribution in [2.24, 2.45) is 5.41 Å². The maximum absolute atomic E-state index is 12.9. The molecule has 0 spiro atoms. The predicted octanol–water partition coefficient (Wildman–Crippen LogP) is 4.95. The Morgan fingerprint density at radius 1 is 1.04 bits per heavy atom. The minimum atomic E-state index is -0.910. The second-order valence-electron chi connectivity index (χ2n) is 5.99. The molecule has 2 aromatic carbocycles. The van der Waals surface area contributed by atoms with Crippen molar-refractivity contribution in [3.8, 4) is 11.8 Å². The van der Waals surface area contributed by atoms with Gasteiger partial charge < -0.3 is 4.79 Å². The van der Waals surface area contributed by atoms with Crippen LogP contribution in [0.25, 0.3) is 0 Å². The zero-order valence-electron chi connectivity index (χ0n) is 13.8. The first-order valence-electron chi connectivity index (χ1n) is 7.79. The number of benzene rings is 2. The molecule has 0 aliphatic carbocycles. The molecule has 0 heterocycles. The summed E-state index contributed by atoms with van der Waals surface area (Å²) in [5.41, 5.74) is 0.482. The van der Waals surface area contributed by atoms with Gasteiger partial charge in [0.2, 0.25) is 0 Å². The number of carbonyl (C=O) groups excluding carboxylic acids is 2. The first-order valence-corrected chi connectivity index (χ1v) is 8.16. The molecule has 0 aliphatic rings. The van der Waals surface area contributed by atoms with E-state index in [1.54, 1.807) is 31.2 Å². The Balaban J connectivity index is 2.34. The molecule has 0 bridgehead atoms. The second kappa shape index (κ2) is 7.95. The summed E-state index contributed by atoms with van der Waals surface area (Å²) < 4.78 is 0. The van der Waals surface area contributed by atoms with Crippen LogP contribution in [-0.2, 0) is 4.79 Å². The average Bonchev–Trinajstić information content (AvgIpc) is 2.59. The summed E-state index contributed by atoms with van der Waals surface area (Å²) in [5.74, 6) is 6.12. The van der Waals surface area contributed by atoms with Crippen molar-refractivity contribution >= 4 is 23.2 Å². The van der Waals surface area contributed by atoms with Crippen molar-refractivity contribution in [3.63, 3.8) is 0 Å². The molecular formula is C21H19ClO2. The largest absolute Gasteiger partial charge is 0.300 e. The smallest absolute Gasteiger partial charge is 0.180 e. The maximum Gasteiger partial charge on any atom is 0.180 e. The molecule has 1 unspecified atom stereocenters. The summed E-state index contributed by atoms with van der Waals surface area (Å²) in [6, 6.07) is 16.2. The van der Waals surface area contributed by atoms with Crippen molar-refractivity contribution in [2.75, 3.05) is 0 Å². The topological polar surface area (TPSA) is 34.1 Å². The minimum absolute atomic E-state index is 0.0513. The van der Waals surface area contributed by atoms with E-state index in [-0.39, 0.29) is 11.6 Å². The lowest BCUT2D eigenvalue weighted by Gasteiger charge is -2.21. The fourth-order valence-electron chi connectivity index (χ4n) is 2.31. The molecule has 0 amide bonds. The highest BCUT2D eigenvalue weighted by molar-refractivity contribution is 6.30. The lowest BCUT2D eigenvalue weighted by molar-refractivity contribution is -0.117. The highest BCUT2D eigenvalue weighted by Crippen LogP contribution is 2.28. The van der Waals surface area contributed by atoms with Crippen LogP contribution in [0.4, 0.5) is 0 Å². The molecule has 0 saturated heterocycles. The molecule has 2 nitrogen and oxygen atoms in total. The minimum Gasteiger partial charge on any atom is -0.300 e. The van der Waals surface area contributed by atoms with Crippen molar-refractivity contribution in [3.05, 3.63) is 70.7 Å². The van der Waals surface area contributed by atoms with E-state index in [1.807, 2.05) is 30.3 Å². The van der Waals surface area contributed by atoms with Gasteiger partial charge in [-0.05, 0) is 44.5 Å². The molecule has 0 aromatic heterocycles. The highest BCUT2D eigenvalue weighted by Gasteiger charge is 2.32. The number of hydrogen-bond acceptors (Lipinski definition) is 2. The van der Waals surface area contributed by atoms with Crippen LogP contribution in [0, 0.1) is 17.3 Å². The summed E-state index contributed by atoms with van der Waals surface area (Å²) in [7, 11) is 0. The van der Waals surface area contributed by atoms with Gasteiger partial charge in [0, 0.05) is 22.6 Å². The van der Waals surface area contributed by atoms with Gasteiger partial charge in [-0.25, -0.2) is 0 Å². The van der Waals surface area contributed by atoms with E-state index in [9.17, 15) is 9.59 Å². The molecule has 0 aliphatic heterocycles. The summed E-state index contributed by atoms with van der Waals surface area (Å²) in [6.45, 7) is 3.33. The van der Waals surface area contributed by atoms with Gasteiger partial charge in [-0.2, -0.15) is 0 Å². The number of carbonyl (C=O) groups is 2. The van der Waals surface area contributed by atoms with Crippen LogP contribution in [0.5, 0.6) is 0 Å². The van der Waals surface area contributed by atoms with Gasteiger partial charge in [0.15, 0.2) is 5.78 Å². The number of Topliss-reactive ketones (excluding diaryl/α,β-unsaturated/α-hetero) is 2. The van der Waals surface area contributed by atoms with E-state index in [2.05, 4.69) is 11.8 Å². The summed E-state index contributed by atoms with van der Waals surface area (Å²) in [4.78, 5) is 24.3. The van der Waals surface area contributed by atoms with Crippen LogP contribution in [-0.4, -0.2) is 11.6 Å². The quantitative estimate of drug-likeness (QED) is 0.571. The standard InChI is InChI=1S/C21H19ClO2/c1-16(23)12-14-21(2,20(24)18-6-4-3-5-7-18)15-13-17-8-10-19(22)11-9-17/h3-11H,12,14H2,1-2H3. The molecule has 122 valence electrons. The highest BCUT2D eigenvalue weighted by atomic mass is 35.5. The molecule has 2 rings (SSSR count). The zero-order valence-corrected chi connectivity index (χ0v) is 14.6. The Bertz CT molecular complexity index is 782. The van der Waals surface area contributed by atoms with Crippen LogP contribution in [0.3, 0.4) is 0 Å². The molecule has 3 heteroatoms. The molecule has 0 fully saturated rings. The summed E-state index contributed by atoms with van der Waals surface area (Å²) in [6.07, 6.45) is 0.723. The molecule has 0 saturated carbocycles. The average molecular weight is 339 g/mol. The normalized spacial score (nSPS) is 12.6. The first-order chi connectivity index (χ1) is 11.4. The predicted molar refractivity (Wildman–Crippen MR) is 97.1 cm³/mol. The lowest BCUT2D eigenvalue weighted by Crippen LogP contribution is -2.27. The molecule has 24 heavy (non-hydrogen) atoms. The van der Waals surface area contributed by atoms with Gasteiger partial charge >= 0.3 is 0 Å². The molecule has 0 radical (unpaired) electrons. The van der Waals surface area contributed by atoms with E-state index in [1.165, 1.54) is 6.92 Å². The Hall–Kier alpha value is -2.37. The van der Waals surface area contributed by atoms with Crippen LogP contribution in [0.2, 0.25) is 5.02 Å². The number of halogens is 1. The van der Waals surface area contributed by atoms with Gasteiger partial charge in [-0.3, -0.25) is 4.79 Å². The number of ketones is 2. The van der Waals surface area contributed by atoms with E-state index < -0.39 is 5.41 Å². The Labute approximate surface area is 147 Å². The summed E-state index contributed by atoms with van der Waals surface area (Å²) >= 11 is 5.88. The third-order valence-electron chi connectivity index (χ3n) is 3.84. The number of rotatable bonds is 5. The van der Waals surface area contributed by atoms with Crippen molar-refractivity contribution in [1.82, 2.24) is 0 Å². The van der Waals surface area contributed by atoms with E-state index in [4.69, 9.17) is 11.6 Å². The Kier molecular flexibility index (Phi) is 5.95. The van der Waals surface area contributed by atoms with Gasteiger partial charge in [0.25, 0.3) is 0 Å². The third-order valence-corrected chi connectivity index (χ3v) is 4.09. The van der Waals surface area contributed by atoms with E-state index in [0.717, 1.165) is 5.56 Å². The van der Waals surface area contributed by atoms with Crippen LogP contribution >= 0.6 is 11.6 Å². The van der Waals surface area contributed by atoms with Crippen molar-refractivity contribution in [1.29, 1.82) is 0 Å². The first kappa shape index (κ1) is 18.0. The fourth-order valence-corrected chi connectivity index (χ4v) is 2.44. The summed E-state index contributed by atoms with van der Waals surface area (Å²) in [5, 5.41) is 0.639. The molecule has 1 atom stereocenters. The molecule has 2 aromatic rings. The molecule has 0 N–H and O–H groups in total. The zero-order chi connectivity index (χ0) is 17.6. The van der Waals surface area contributed by atoms with E-state index in [0.29, 0.717) is 23.4 Å². The van der Waals surface area contributed by atoms with E-state index >= 15 is 0 Å². The van der Waals surface area contributed by atoms with Crippen LogP contribution < -0.4 is 0 Å².